The summed E-state index contributed by atoms with van der Waals surface area (Å²) in [5.74, 6) is 0. The molecule has 90 valence electrons. The Hall–Kier alpha value is -0.510. The number of rotatable bonds is 6. The second kappa shape index (κ2) is 6.88. The van der Waals surface area contributed by atoms with Crippen LogP contribution in [0.5, 0.6) is 0 Å². The van der Waals surface area contributed by atoms with Gasteiger partial charge >= 0.3 is 6.18 Å². The third-order valence-electron chi connectivity index (χ3n) is 1.95. The highest BCUT2D eigenvalue weighted by molar-refractivity contribution is 4.85. The number of allylic oxidation sites excluding steroid dienone is 2. The standard InChI is InChI=1S/C11H20F3N/c1-4-5-6-7-8-10(11(12,13)14)15-9(2)3/h5-6,9-10,15H,4,7-8H2,1-3H3/b6-5-. The Bertz CT molecular complexity index is 185. The number of nitrogens with one attached hydrogen (secondary N) is 1. The van der Waals surface area contributed by atoms with Crippen LogP contribution >= 0.6 is 0 Å². The number of halogens is 3. The van der Waals surface area contributed by atoms with Gasteiger partial charge in [0.15, 0.2) is 0 Å². The number of hydrogen-bond donors (Lipinski definition) is 1. The molecule has 0 saturated heterocycles. The van der Waals surface area contributed by atoms with Crippen LogP contribution in [-0.4, -0.2) is 18.3 Å². The Morgan fingerprint density at radius 3 is 2.20 bits per heavy atom. The lowest BCUT2D eigenvalue weighted by molar-refractivity contribution is -0.158. The van der Waals surface area contributed by atoms with E-state index in [1.165, 1.54) is 0 Å². The minimum absolute atomic E-state index is 0.109. The van der Waals surface area contributed by atoms with Crippen molar-refractivity contribution in [2.45, 2.75) is 58.3 Å². The first-order valence-corrected chi connectivity index (χ1v) is 5.35. The van der Waals surface area contributed by atoms with Gasteiger partial charge in [-0.2, -0.15) is 13.2 Å². The number of alkyl halides is 3. The van der Waals surface area contributed by atoms with Crippen LogP contribution in [0.3, 0.4) is 0 Å². The Labute approximate surface area is 89.7 Å². The number of hydrogen-bond acceptors (Lipinski definition) is 1. The van der Waals surface area contributed by atoms with Gasteiger partial charge < -0.3 is 5.32 Å². The van der Waals surface area contributed by atoms with Crippen LogP contribution in [0.1, 0.15) is 40.0 Å². The summed E-state index contributed by atoms with van der Waals surface area (Å²) in [5.41, 5.74) is 0. The molecule has 15 heavy (non-hydrogen) atoms. The van der Waals surface area contributed by atoms with E-state index in [4.69, 9.17) is 0 Å². The fraction of sp³-hybridized carbons (Fsp3) is 0.818. The lowest BCUT2D eigenvalue weighted by atomic mass is 10.1. The summed E-state index contributed by atoms with van der Waals surface area (Å²) in [5, 5.41) is 2.54. The summed E-state index contributed by atoms with van der Waals surface area (Å²) in [6.45, 7) is 5.41. The second-order valence-corrected chi connectivity index (χ2v) is 3.87. The smallest absolute Gasteiger partial charge is 0.304 e. The molecule has 0 heterocycles. The van der Waals surface area contributed by atoms with Crippen molar-refractivity contribution in [1.29, 1.82) is 0 Å². The van der Waals surface area contributed by atoms with Crippen LogP contribution < -0.4 is 5.32 Å². The van der Waals surface area contributed by atoms with Crippen LogP contribution in [0.2, 0.25) is 0 Å². The lowest BCUT2D eigenvalue weighted by Crippen LogP contribution is -2.45. The van der Waals surface area contributed by atoms with Gasteiger partial charge in [0.05, 0.1) is 0 Å². The Morgan fingerprint density at radius 1 is 1.20 bits per heavy atom. The summed E-state index contributed by atoms with van der Waals surface area (Å²) < 4.78 is 37.5. The van der Waals surface area contributed by atoms with Crippen molar-refractivity contribution in [2.24, 2.45) is 0 Å². The van der Waals surface area contributed by atoms with E-state index in [0.717, 1.165) is 6.42 Å². The van der Waals surface area contributed by atoms with Gasteiger partial charge in [-0.15, -0.1) is 0 Å². The average Bonchev–Trinajstić information content (AvgIpc) is 2.08. The highest BCUT2D eigenvalue weighted by Gasteiger charge is 2.38. The predicted molar refractivity (Wildman–Crippen MR) is 56.8 cm³/mol. The molecule has 0 radical (unpaired) electrons. The van der Waals surface area contributed by atoms with Crippen molar-refractivity contribution in [1.82, 2.24) is 5.32 Å². The van der Waals surface area contributed by atoms with E-state index in [9.17, 15) is 13.2 Å². The summed E-state index contributed by atoms with van der Waals surface area (Å²) in [6, 6.07) is -1.54. The van der Waals surface area contributed by atoms with Crippen molar-refractivity contribution in [3.05, 3.63) is 12.2 Å². The fourth-order valence-electron chi connectivity index (χ4n) is 1.29. The van der Waals surface area contributed by atoms with Gasteiger partial charge in [-0.25, -0.2) is 0 Å². The fourth-order valence-corrected chi connectivity index (χ4v) is 1.29. The van der Waals surface area contributed by atoms with Crippen molar-refractivity contribution >= 4 is 0 Å². The van der Waals surface area contributed by atoms with Crippen LogP contribution in [0.25, 0.3) is 0 Å². The summed E-state index contributed by atoms with van der Waals surface area (Å²) in [6.07, 6.45) is 0.998. The van der Waals surface area contributed by atoms with Gasteiger partial charge in [0.1, 0.15) is 6.04 Å². The summed E-state index contributed by atoms with van der Waals surface area (Å²) in [7, 11) is 0. The zero-order valence-corrected chi connectivity index (χ0v) is 9.56. The van der Waals surface area contributed by atoms with Crippen molar-refractivity contribution in [2.75, 3.05) is 0 Å². The van der Waals surface area contributed by atoms with E-state index in [2.05, 4.69) is 5.32 Å². The molecule has 0 aromatic heterocycles. The molecule has 1 N–H and O–H groups in total. The van der Waals surface area contributed by atoms with E-state index in [1.54, 1.807) is 19.9 Å². The molecule has 0 bridgehead atoms. The molecule has 1 nitrogen and oxygen atoms in total. The normalized spacial score (nSPS) is 15.1. The van der Waals surface area contributed by atoms with E-state index >= 15 is 0 Å². The van der Waals surface area contributed by atoms with E-state index in [-0.39, 0.29) is 12.5 Å². The van der Waals surface area contributed by atoms with Crippen molar-refractivity contribution in [3.8, 4) is 0 Å². The molecule has 0 saturated carbocycles. The lowest BCUT2D eigenvalue weighted by Gasteiger charge is -2.23. The molecule has 4 heteroatoms. The van der Waals surface area contributed by atoms with Gasteiger partial charge in [-0.1, -0.05) is 32.9 Å². The zero-order chi connectivity index (χ0) is 11.9. The van der Waals surface area contributed by atoms with E-state index < -0.39 is 12.2 Å². The minimum Gasteiger partial charge on any atom is -0.304 e. The molecule has 0 amide bonds. The van der Waals surface area contributed by atoms with Crippen molar-refractivity contribution in [3.63, 3.8) is 0 Å². The molecule has 0 rings (SSSR count). The SMILES string of the molecule is CC/C=C\CCC(NC(C)C)C(F)(F)F. The third-order valence-corrected chi connectivity index (χ3v) is 1.95. The van der Waals surface area contributed by atoms with E-state index in [0.29, 0.717) is 6.42 Å². The molecule has 0 aromatic rings. The van der Waals surface area contributed by atoms with Crippen molar-refractivity contribution < 1.29 is 13.2 Å². The highest BCUT2D eigenvalue weighted by Crippen LogP contribution is 2.24. The van der Waals surface area contributed by atoms with Gasteiger partial charge in [0.25, 0.3) is 0 Å². The maximum Gasteiger partial charge on any atom is 0.403 e. The second-order valence-electron chi connectivity index (χ2n) is 3.87. The van der Waals surface area contributed by atoms with Crippen LogP contribution in [0, 0.1) is 0 Å². The molecule has 0 spiro atoms. The Kier molecular flexibility index (Phi) is 6.65. The largest absolute Gasteiger partial charge is 0.403 e. The molecule has 0 aromatic carbocycles. The quantitative estimate of drug-likeness (QED) is 0.677. The van der Waals surface area contributed by atoms with Crippen LogP contribution in [0.4, 0.5) is 13.2 Å². The predicted octanol–water partition coefficient (Wildman–Crippen LogP) is 3.66. The third kappa shape index (κ3) is 7.42. The van der Waals surface area contributed by atoms with Gasteiger partial charge in [0, 0.05) is 6.04 Å². The molecule has 1 atom stereocenters. The molecule has 1 unspecified atom stereocenters. The Balaban J connectivity index is 4.08. The monoisotopic (exact) mass is 223 g/mol. The van der Waals surface area contributed by atoms with Gasteiger partial charge in [-0.05, 0) is 19.3 Å². The maximum atomic E-state index is 12.5. The van der Waals surface area contributed by atoms with Gasteiger partial charge in [0.2, 0.25) is 0 Å². The summed E-state index contributed by atoms with van der Waals surface area (Å²) in [4.78, 5) is 0. The zero-order valence-electron chi connectivity index (χ0n) is 9.56. The first-order valence-electron chi connectivity index (χ1n) is 5.35. The first kappa shape index (κ1) is 14.5. The molecule has 0 fully saturated rings. The average molecular weight is 223 g/mol. The molecule has 0 aliphatic heterocycles. The topological polar surface area (TPSA) is 12.0 Å². The highest BCUT2D eigenvalue weighted by atomic mass is 19.4. The van der Waals surface area contributed by atoms with Crippen LogP contribution in [-0.2, 0) is 0 Å². The van der Waals surface area contributed by atoms with Gasteiger partial charge in [-0.3, -0.25) is 0 Å². The van der Waals surface area contributed by atoms with Crippen LogP contribution in [0.15, 0.2) is 12.2 Å². The Morgan fingerprint density at radius 2 is 1.80 bits per heavy atom. The minimum atomic E-state index is -4.15. The molecule has 0 aliphatic carbocycles. The molecule has 0 aliphatic rings. The molecular formula is C11H20F3N. The maximum absolute atomic E-state index is 12.5. The molecular weight excluding hydrogens is 203 g/mol. The van der Waals surface area contributed by atoms with E-state index in [1.807, 2.05) is 13.0 Å². The summed E-state index contributed by atoms with van der Waals surface area (Å²) >= 11 is 0. The first-order chi connectivity index (χ1) is 6.88.